The van der Waals surface area contributed by atoms with Gasteiger partial charge in [0.25, 0.3) is 0 Å². The minimum Gasteiger partial charge on any atom is -0.366 e. The lowest BCUT2D eigenvalue weighted by atomic mass is 9.56. The maximum absolute atomic E-state index is 9.47. The third kappa shape index (κ3) is 2.61. The van der Waals surface area contributed by atoms with E-state index in [0.29, 0.717) is 0 Å². The van der Waals surface area contributed by atoms with Crippen LogP contribution in [0.25, 0.3) is 0 Å². The highest BCUT2D eigenvalue weighted by atomic mass is 16.1. The maximum atomic E-state index is 9.47. The van der Waals surface area contributed by atoms with Gasteiger partial charge < -0.3 is 5.73 Å². The first kappa shape index (κ1) is 10.7. The molecule has 0 aliphatic heterocycles. The van der Waals surface area contributed by atoms with Crippen LogP contribution in [0.15, 0.2) is 12.7 Å². The van der Waals surface area contributed by atoms with Crippen molar-refractivity contribution in [3.05, 3.63) is 12.7 Å². The van der Waals surface area contributed by atoms with Crippen molar-refractivity contribution in [3.8, 4) is 0 Å². The second-order valence-corrected chi connectivity index (χ2v) is 5.48. The highest BCUT2D eigenvalue weighted by Crippen LogP contribution is 2.53. The van der Waals surface area contributed by atoms with Crippen molar-refractivity contribution in [1.29, 1.82) is 0 Å². The predicted octanol–water partition coefficient (Wildman–Crippen LogP) is 2.49. The number of rotatable bonds is 1. The molecular weight excluding hydrogens is 186 g/mol. The van der Waals surface area contributed by atoms with E-state index in [1.807, 2.05) is 0 Å². The fourth-order valence-electron chi connectivity index (χ4n) is 3.98. The van der Waals surface area contributed by atoms with Crippen LogP contribution in [0.3, 0.4) is 0 Å². The fourth-order valence-corrected chi connectivity index (χ4v) is 3.98. The van der Waals surface area contributed by atoms with E-state index in [1.165, 1.54) is 23.7 Å². The summed E-state index contributed by atoms with van der Waals surface area (Å²) in [7, 11) is 0. The monoisotopic (exact) mass is 207 g/mol. The van der Waals surface area contributed by atoms with Gasteiger partial charge in [0, 0.05) is 0 Å². The molecule has 4 aliphatic carbocycles. The van der Waals surface area contributed by atoms with Gasteiger partial charge in [-0.05, 0) is 68.3 Å². The van der Waals surface area contributed by atoms with Gasteiger partial charge in [0.1, 0.15) is 0 Å². The highest BCUT2D eigenvalue weighted by Gasteiger charge is 2.41. The Kier molecular flexibility index (Phi) is 3.13. The van der Waals surface area contributed by atoms with Crippen LogP contribution in [0.4, 0.5) is 0 Å². The zero-order chi connectivity index (χ0) is 10.8. The molecule has 4 fully saturated rings. The van der Waals surface area contributed by atoms with Crippen molar-refractivity contribution in [3.63, 3.8) is 0 Å². The normalized spacial score (nSPS) is 40.5. The van der Waals surface area contributed by atoms with E-state index in [-0.39, 0.29) is 0 Å². The molecule has 15 heavy (non-hydrogen) atoms. The Labute approximate surface area is 91.9 Å². The third-order valence-corrected chi connectivity index (χ3v) is 4.20. The van der Waals surface area contributed by atoms with Crippen LogP contribution in [0.1, 0.15) is 38.5 Å². The van der Waals surface area contributed by atoms with E-state index >= 15 is 0 Å². The Hall–Kier alpha value is -0.790. The molecule has 0 aromatic heterocycles. The number of hydrogen-bond acceptors (Lipinski definition) is 1. The molecule has 2 N–H and O–H groups in total. The second kappa shape index (κ2) is 4.38. The molecule has 0 unspecified atom stereocenters. The van der Waals surface area contributed by atoms with Crippen molar-refractivity contribution in [2.24, 2.45) is 29.4 Å². The summed E-state index contributed by atoms with van der Waals surface area (Å²) in [4.78, 5) is 9.47. The average molecular weight is 207 g/mol. The molecule has 0 spiro atoms. The van der Waals surface area contributed by atoms with Gasteiger partial charge in [0.05, 0.1) is 0 Å². The highest BCUT2D eigenvalue weighted by molar-refractivity contribution is 5.84. The first-order valence-electron chi connectivity index (χ1n) is 6.09. The lowest BCUT2D eigenvalue weighted by Gasteiger charge is -2.49. The van der Waals surface area contributed by atoms with Gasteiger partial charge in [-0.2, -0.15) is 0 Å². The summed E-state index contributed by atoms with van der Waals surface area (Å²) in [5.41, 5.74) is 4.53. The van der Waals surface area contributed by atoms with E-state index in [4.69, 9.17) is 0 Å². The molecule has 0 heterocycles. The summed E-state index contributed by atoms with van der Waals surface area (Å²) in [6.45, 7) is 3.09. The summed E-state index contributed by atoms with van der Waals surface area (Å²) in [5.74, 6) is 4.23. The molecule has 0 aromatic carbocycles. The molecule has 0 saturated heterocycles. The van der Waals surface area contributed by atoms with Gasteiger partial charge in [0.15, 0.2) is 0 Å². The van der Waals surface area contributed by atoms with Gasteiger partial charge in [-0.1, -0.05) is 6.58 Å². The van der Waals surface area contributed by atoms with Crippen molar-refractivity contribution in [2.45, 2.75) is 38.5 Å². The number of amides is 1. The molecular formula is C13H21NO. The van der Waals surface area contributed by atoms with E-state index in [1.54, 1.807) is 38.5 Å². The molecule has 4 rings (SSSR count). The van der Waals surface area contributed by atoms with Gasteiger partial charge >= 0.3 is 0 Å². The van der Waals surface area contributed by atoms with Crippen LogP contribution >= 0.6 is 0 Å². The largest absolute Gasteiger partial charge is 0.366 e. The molecule has 4 saturated carbocycles. The summed E-state index contributed by atoms with van der Waals surface area (Å²) in [5, 5.41) is 0. The summed E-state index contributed by atoms with van der Waals surface area (Å²) >= 11 is 0. The Morgan fingerprint density at radius 1 is 0.933 bits per heavy atom. The van der Waals surface area contributed by atoms with Crippen LogP contribution in [0.5, 0.6) is 0 Å². The predicted molar refractivity (Wildman–Crippen MR) is 61.1 cm³/mol. The average Bonchev–Trinajstić information content (AvgIpc) is 2.16. The summed E-state index contributed by atoms with van der Waals surface area (Å²) in [6, 6.07) is 0. The number of carbonyl (C=O) groups excluding carboxylic acids is 1. The van der Waals surface area contributed by atoms with Crippen molar-refractivity contribution in [1.82, 2.24) is 0 Å². The molecule has 4 aliphatic rings. The second-order valence-electron chi connectivity index (χ2n) is 5.48. The summed E-state index contributed by atoms with van der Waals surface area (Å²) in [6.07, 6.45) is 10.7. The molecule has 1 amide bonds. The van der Waals surface area contributed by atoms with Gasteiger partial charge in [-0.3, -0.25) is 4.79 Å². The molecule has 0 atom stereocenters. The minimum atomic E-state index is -0.481. The topological polar surface area (TPSA) is 43.1 Å². The van der Waals surface area contributed by atoms with Crippen LogP contribution in [0.2, 0.25) is 0 Å². The standard InChI is InChI=1S/C10H16.C3H5NO/c1-7-2-9-4-8(1)5-10(3-7)6-9;1-2-3(4)5/h7-10H,1-6H2;2H,1H2,(H2,4,5). The lowest BCUT2D eigenvalue weighted by Crippen LogP contribution is -2.38. The van der Waals surface area contributed by atoms with Gasteiger partial charge in [0.2, 0.25) is 5.91 Å². The van der Waals surface area contributed by atoms with Crippen LogP contribution in [0, 0.1) is 23.7 Å². The fraction of sp³-hybridized carbons (Fsp3) is 0.769. The first-order chi connectivity index (χ1) is 7.17. The maximum Gasteiger partial charge on any atom is 0.240 e. The number of primary amides is 1. The van der Waals surface area contributed by atoms with Gasteiger partial charge in [-0.25, -0.2) is 0 Å². The van der Waals surface area contributed by atoms with Crippen LogP contribution < -0.4 is 5.73 Å². The molecule has 4 bridgehead atoms. The van der Waals surface area contributed by atoms with E-state index in [2.05, 4.69) is 12.3 Å². The number of carbonyl (C=O) groups is 1. The van der Waals surface area contributed by atoms with Crippen molar-refractivity contribution >= 4 is 5.91 Å². The molecule has 0 radical (unpaired) electrons. The Morgan fingerprint density at radius 2 is 1.13 bits per heavy atom. The molecule has 2 nitrogen and oxygen atoms in total. The Bertz CT molecular complexity index is 203. The molecule has 2 heteroatoms. The van der Waals surface area contributed by atoms with Gasteiger partial charge in [-0.15, -0.1) is 0 Å². The smallest absolute Gasteiger partial charge is 0.240 e. The zero-order valence-corrected chi connectivity index (χ0v) is 9.32. The number of hydrogen-bond donors (Lipinski definition) is 1. The Balaban J connectivity index is 0.000000149. The van der Waals surface area contributed by atoms with Crippen LogP contribution in [-0.2, 0) is 4.79 Å². The lowest BCUT2D eigenvalue weighted by molar-refractivity contribution is -0.113. The van der Waals surface area contributed by atoms with E-state index in [9.17, 15) is 4.79 Å². The quantitative estimate of drug-likeness (QED) is 0.659. The zero-order valence-electron chi connectivity index (χ0n) is 9.32. The summed E-state index contributed by atoms with van der Waals surface area (Å²) < 4.78 is 0. The molecule has 84 valence electrons. The van der Waals surface area contributed by atoms with E-state index in [0.717, 1.165) is 6.08 Å². The van der Waals surface area contributed by atoms with Crippen LogP contribution in [-0.4, -0.2) is 5.91 Å². The Morgan fingerprint density at radius 3 is 1.27 bits per heavy atom. The first-order valence-corrected chi connectivity index (χ1v) is 6.09. The van der Waals surface area contributed by atoms with Crippen molar-refractivity contribution in [2.75, 3.05) is 0 Å². The SMILES string of the molecule is C1C2CC3CC1CC(C2)C3.C=CC(N)=O. The van der Waals surface area contributed by atoms with E-state index < -0.39 is 5.91 Å². The number of nitrogens with two attached hydrogens (primary N) is 1. The minimum absolute atomic E-state index is 0.481. The third-order valence-electron chi connectivity index (χ3n) is 4.20. The molecule has 0 aromatic rings. The van der Waals surface area contributed by atoms with Crippen molar-refractivity contribution < 1.29 is 4.79 Å².